The summed E-state index contributed by atoms with van der Waals surface area (Å²) in [6, 6.07) is 3.13. The first-order chi connectivity index (χ1) is 12.3. The van der Waals surface area contributed by atoms with Gasteiger partial charge in [0.25, 0.3) is 0 Å². The number of hydrogen-bond acceptors (Lipinski definition) is 5. The number of H-pyrrole nitrogens is 1. The van der Waals surface area contributed by atoms with Gasteiger partial charge in [-0.25, -0.2) is 14.6 Å². The summed E-state index contributed by atoms with van der Waals surface area (Å²) in [7, 11) is 0. The zero-order valence-corrected chi connectivity index (χ0v) is 15.2. The average molecular weight is 355 g/mol. The SMILES string of the molecule is Cc1cc2nc(-c3nn(C(N)=O)cc3C(=O)OCC(C)C)[nH]c2cc1C. The van der Waals surface area contributed by atoms with Gasteiger partial charge in [0.15, 0.2) is 5.82 Å². The van der Waals surface area contributed by atoms with Crippen LogP contribution in [-0.2, 0) is 4.74 Å². The molecule has 1 amide bonds. The molecule has 3 aromatic rings. The van der Waals surface area contributed by atoms with E-state index in [0.717, 1.165) is 26.8 Å². The standard InChI is InChI=1S/C18H21N5O3/c1-9(2)8-26-17(24)12-7-23(18(19)25)22-15(12)16-20-13-5-10(3)11(4)6-14(13)21-16/h5-7,9H,8H2,1-4H3,(H2,19,25)(H,20,21). The molecule has 3 rings (SSSR count). The summed E-state index contributed by atoms with van der Waals surface area (Å²) in [5.41, 5.74) is 9.44. The molecule has 0 saturated carbocycles. The summed E-state index contributed by atoms with van der Waals surface area (Å²) in [4.78, 5) is 31.6. The maximum absolute atomic E-state index is 12.4. The number of nitrogens with zero attached hydrogens (tertiary/aromatic N) is 3. The number of benzene rings is 1. The van der Waals surface area contributed by atoms with Gasteiger partial charge in [-0.3, -0.25) is 0 Å². The number of carbonyl (C=O) groups is 2. The second kappa shape index (κ2) is 6.62. The van der Waals surface area contributed by atoms with Crippen LogP contribution in [-0.4, -0.2) is 38.4 Å². The van der Waals surface area contributed by atoms with Crippen molar-refractivity contribution in [3.8, 4) is 11.5 Å². The second-order valence-corrected chi connectivity index (χ2v) is 6.71. The molecule has 1 aromatic carbocycles. The van der Waals surface area contributed by atoms with Crippen LogP contribution in [0.25, 0.3) is 22.6 Å². The van der Waals surface area contributed by atoms with E-state index < -0.39 is 12.0 Å². The Hall–Kier alpha value is -3.16. The lowest BCUT2D eigenvalue weighted by Crippen LogP contribution is -2.20. The fourth-order valence-electron chi connectivity index (χ4n) is 2.51. The Morgan fingerprint density at radius 3 is 2.62 bits per heavy atom. The minimum Gasteiger partial charge on any atom is -0.462 e. The number of aryl methyl sites for hydroxylation is 2. The van der Waals surface area contributed by atoms with Crippen molar-refractivity contribution in [2.45, 2.75) is 27.7 Å². The topological polar surface area (TPSA) is 116 Å². The van der Waals surface area contributed by atoms with E-state index in [9.17, 15) is 9.59 Å². The van der Waals surface area contributed by atoms with E-state index in [1.807, 2.05) is 39.8 Å². The van der Waals surface area contributed by atoms with Gasteiger partial charge in [0.05, 0.1) is 23.8 Å². The molecule has 0 radical (unpaired) electrons. The number of aromatic nitrogens is 4. The number of ether oxygens (including phenoxy) is 1. The first-order valence-electron chi connectivity index (χ1n) is 8.30. The third-order valence-electron chi connectivity index (χ3n) is 4.03. The molecule has 0 spiro atoms. The molecular weight excluding hydrogens is 334 g/mol. The van der Waals surface area contributed by atoms with Gasteiger partial charge >= 0.3 is 12.0 Å². The van der Waals surface area contributed by atoms with Crippen LogP contribution < -0.4 is 5.73 Å². The molecular formula is C18H21N5O3. The van der Waals surface area contributed by atoms with Crippen LogP contribution in [0, 0.1) is 19.8 Å². The number of hydrogen-bond donors (Lipinski definition) is 2. The van der Waals surface area contributed by atoms with Crippen LogP contribution >= 0.6 is 0 Å². The molecule has 2 aromatic heterocycles. The van der Waals surface area contributed by atoms with Crippen LogP contribution in [0.15, 0.2) is 18.3 Å². The summed E-state index contributed by atoms with van der Waals surface area (Å²) >= 11 is 0. The smallest absolute Gasteiger partial charge is 0.342 e. The van der Waals surface area contributed by atoms with E-state index >= 15 is 0 Å². The zero-order chi connectivity index (χ0) is 19.0. The molecule has 0 fully saturated rings. The number of fused-ring (bicyclic) bond motifs is 1. The Morgan fingerprint density at radius 2 is 1.96 bits per heavy atom. The molecule has 8 heteroatoms. The zero-order valence-electron chi connectivity index (χ0n) is 15.2. The number of rotatable bonds is 4. The molecule has 0 aliphatic rings. The monoisotopic (exact) mass is 355 g/mol. The molecule has 0 aliphatic heterocycles. The molecule has 0 unspecified atom stereocenters. The van der Waals surface area contributed by atoms with Gasteiger partial charge in [-0.1, -0.05) is 13.8 Å². The Morgan fingerprint density at radius 1 is 1.27 bits per heavy atom. The van der Waals surface area contributed by atoms with E-state index in [-0.39, 0.29) is 23.8 Å². The highest BCUT2D eigenvalue weighted by Gasteiger charge is 2.23. The predicted octanol–water partition coefficient (Wildman–Crippen LogP) is 2.78. The normalized spacial score (nSPS) is 11.3. The first-order valence-corrected chi connectivity index (χ1v) is 8.30. The van der Waals surface area contributed by atoms with E-state index in [0.29, 0.717) is 5.82 Å². The lowest BCUT2D eigenvalue weighted by molar-refractivity contribution is 0.0460. The number of nitrogens with two attached hydrogens (primary N) is 1. The molecule has 0 atom stereocenters. The van der Waals surface area contributed by atoms with Crippen LogP contribution in [0.3, 0.4) is 0 Å². The van der Waals surface area contributed by atoms with Crippen molar-refractivity contribution in [1.29, 1.82) is 0 Å². The number of nitrogens with one attached hydrogen (secondary N) is 1. The Bertz CT molecular complexity index is 961. The number of esters is 1. The van der Waals surface area contributed by atoms with Crippen LogP contribution in [0.2, 0.25) is 0 Å². The largest absolute Gasteiger partial charge is 0.462 e. The predicted molar refractivity (Wildman–Crippen MR) is 96.9 cm³/mol. The first kappa shape index (κ1) is 17.7. The van der Waals surface area contributed by atoms with E-state index in [1.165, 1.54) is 6.20 Å². The van der Waals surface area contributed by atoms with Crippen LogP contribution in [0.4, 0.5) is 4.79 Å². The Balaban J connectivity index is 2.08. The Labute approximate surface area is 150 Å². The van der Waals surface area contributed by atoms with Gasteiger partial charge in [0.2, 0.25) is 0 Å². The van der Waals surface area contributed by atoms with Crippen molar-refractivity contribution in [1.82, 2.24) is 19.7 Å². The quantitative estimate of drug-likeness (QED) is 0.698. The number of aromatic amines is 1. The van der Waals surface area contributed by atoms with E-state index in [2.05, 4.69) is 15.1 Å². The van der Waals surface area contributed by atoms with Crippen LogP contribution in [0.5, 0.6) is 0 Å². The summed E-state index contributed by atoms with van der Waals surface area (Å²) in [6.45, 7) is 8.14. The van der Waals surface area contributed by atoms with E-state index in [1.54, 1.807) is 0 Å². The van der Waals surface area contributed by atoms with Crippen molar-refractivity contribution >= 4 is 23.0 Å². The molecule has 136 valence electrons. The lowest BCUT2D eigenvalue weighted by Gasteiger charge is -2.06. The van der Waals surface area contributed by atoms with Gasteiger partial charge in [-0.2, -0.15) is 9.78 Å². The van der Waals surface area contributed by atoms with Crippen molar-refractivity contribution < 1.29 is 14.3 Å². The van der Waals surface area contributed by atoms with E-state index in [4.69, 9.17) is 10.5 Å². The molecule has 0 bridgehead atoms. The highest BCUT2D eigenvalue weighted by atomic mass is 16.5. The minimum absolute atomic E-state index is 0.136. The van der Waals surface area contributed by atoms with Crippen LogP contribution in [0.1, 0.15) is 35.3 Å². The van der Waals surface area contributed by atoms with Gasteiger partial charge in [0.1, 0.15) is 11.3 Å². The highest BCUT2D eigenvalue weighted by Crippen LogP contribution is 2.25. The van der Waals surface area contributed by atoms with Crippen molar-refractivity contribution in [3.05, 3.63) is 35.0 Å². The molecule has 0 saturated heterocycles. The Kier molecular flexibility index (Phi) is 4.50. The van der Waals surface area contributed by atoms with Crippen molar-refractivity contribution in [3.63, 3.8) is 0 Å². The third-order valence-corrected chi connectivity index (χ3v) is 4.03. The average Bonchev–Trinajstić information content (AvgIpc) is 3.17. The number of carbonyl (C=O) groups excluding carboxylic acids is 2. The van der Waals surface area contributed by atoms with Crippen molar-refractivity contribution in [2.24, 2.45) is 11.7 Å². The van der Waals surface area contributed by atoms with Gasteiger partial charge in [-0.05, 0) is 43.0 Å². The lowest BCUT2D eigenvalue weighted by atomic mass is 10.1. The molecule has 3 N–H and O–H groups in total. The fourth-order valence-corrected chi connectivity index (χ4v) is 2.51. The van der Waals surface area contributed by atoms with Gasteiger partial charge in [-0.15, -0.1) is 0 Å². The maximum Gasteiger partial charge on any atom is 0.342 e. The molecule has 26 heavy (non-hydrogen) atoms. The maximum atomic E-state index is 12.4. The van der Waals surface area contributed by atoms with Gasteiger partial charge < -0.3 is 15.5 Å². The van der Waals surface area contributed by atoms with Crippen molar-refractivity contribution in [2.75, 3.05) is 6.61 Å². The number of imidazole rings is 1. The number of amides is 1. The third kappa shape index (κ3) is 3.30. The molecule has 8 nitrogen and oxygen atoms in total. The molecule has 0 aliphatic carbocycles. The minimum atomic E-state index is -0.794. The van der Waals surface area contributed by atoms with Gasteiger partial charge in [0, 0.05) is 0 Å². The summed E-state index contributed by atoms with van der Waals surface area (Å²) in [6.07, 6.45) is 1.27. The summed E-state index contributed by atoms with van der Waals surface area (Å²) < 4.78 is 6.18. The second-order valence-electron chi connectivity index (χ2n) is 6.71. The highest BCUT2D eigenvalue weighted by molar-refractivity contribution is 5.97. The summed E-state index contributed by atoms with van der Waals surface area (Å²) in [5, 5.41) is 4.12. The molecule has 2 heterocycles. The fraction of sp³-hybridized carbons (Fsp3) is 0.333. The number of primary amides is 1. The summed E-state index contributed by atoms with van der Waals surface area (Å²) in [5.74, 6) is -0.0127.